The van der Waals surface area contributed by atoms with Crippen LogP contribution in [0.15, 0.2) is 53.8 Å². The van der Waals surface area contributed by atoms with Gasteiger partial charge in [-0.25, -0.2) is 5.43 Å². The summed E-state index contributed by atoms with van der Waals surface area (Å²) in [5, 5.41) is 5.09. The fourth-order valence-corrected chi connectivity index (χ4v) is 2.17. The monoisotopic (exact) mass is 278 g/mol. The van der Waals surface area contributed by atoms with E-state index in [-0.39, 0.29) is 5.91 Å². The molecule has 0 aliphatic carbocycles. The predicted octanol–water partition coefficient (Wildman–Crippen LogP) is 2.64. The first-order valence-electron chi connectivity index (χ1n) is 6.57. The maximum absolute atomic E-state index is 11.8. The van der Waals surface area contributed by atoms with Gasteiger partial charge in [0.15, 0.2) is 0 Å². The fourth-order valence-electron chi connectivity index (χ4n) is 2.17. The predicted molar refractivity (Wildman–Crippen MR) is 82.3 cm³/mol. The Hall–Kier alpha value is -2.95. The van der Waals surface area contributed by atoms with Crippen molar-refractivity contribution < 1.29 is 4.79 Å². The second-order valence-corrected chi connectivity index (χ2v) is 4.62. The second-order valence-electron chi connectivity index (χ2n) is 4.62. The van der Waals surface area contributed by atoms with Gasteiger partial charge in [0.05, 0.1) is 6.21 Å². The lowest BCUT2D eigenvalue weighted by Gasteiger charge is -1.98. The Balaban J connectivity index is 1.79. The highest BCUT2D eigenvalue weighted by Crippen LogP contribution is 2.19. The molecule has 0 saturated carbocycles. The van der Waals surface area contributed by atoms with Gasteiger partial charge in [0.1, 0.15) is 5.69 Å². The quantitative estimate of drug-likeness (QED) is 0.571. The molecule has 104 valence electrons. The zero-order chi connectivity index (χ0) is 14.7. The number of carbonyl (C=O) groups is 1. The summed E-state index contributed by atoms with van der Waals surface area (Å²) < 4.78 is 0. The molecule has 5 heteroatoms. The Bertz CT molecular complexity index is 806. The average molecular weight is 278 g/mol. The van der Waals surface area contributed by atoms with Gasteiger partial charge in [-0.2, -0.15) is 5.10 Å². The van der Waals surface area contributed by atoms with Crippen LogP contribution in [0.5, 0.6) is 0 Å². The normalized spacial score (nSPS) is 11.1. The molecule has 2 aromatic heterocycles. The van der Waals surface area contributed by atoms with E-state index in [4.69, 9.17) is 0 Å². The molecule has 0 unspecified atom stereocenters. The van der Waals surface area contributed by atoms with Crippen molar-refractivity contribution in [1.29, 1.82) is 0 Å². The summed E-state index contributed by atoms with van der Waals surface area (Å²) >= 11 is 0. The zero-order valence-corrected chi connectivity index (χ0v) is 11.5. The summed E-state index contributed by atoms with van der Waals surface area (Å²) in [5.74, 6) is -0.329. The van der Waals surface area contributed by atoms with Crippen LogP contribution in [0.1, 0.15) is 21.7 Å². The highest BCUT2D eigenvalue weighted by Gasteiger charge is 2.06. The van der Waals surface area contributed by atoms with E-state index in [9.17, 15) is 4.79 Å². The number of aromatic amines is 1. The maximum atomic E-state index is 11.8. The lowest BCUT2D eigenvalue weighted by Crippen LogP contribution is -2.18. The molecule has 0 saturated heterocycles. The molecule has 0 radical (unpaired) electrons. The minimum absolute atomic E-state index is 0.329. The van der Waals surface area contributed by atoms with Gasteiger partial charge < -0.3 is 4.98 Å². The number of H-pyrrole nitrogens is 1. The molecule has 0 aliphatic heterocycles. The third-order valence-electron chi connectivity index (χ3n) is 3.20. The van der Waals surface area contributed by atoms with E-state index in [1.807, 2.05) is 31.2 Å². The Morgan fingerprint density at radius 2 is 2.05 bits per heavy atom. The third kappa shape index (κ3) is 2.67. The Labute approximate surface area is 121 Å². The number of fused-ring (bicyclic) bond motifs is 1. The number of nitrogens with zero attached hydrogens (tertiary/aromatic N) is 2. The summed E-state index contributed by atoms with van der Waals surface area (Å²) in [6.07, 6.45) is 3.22. The lowest BCUT2D eigenvalue weighted by molar-refractivity contribution is 0.0950. The van der Waals surface area contributed by atoms with Crippen LogP contribution in [0, 0.1) is 6.92 Å². The van der Waals surface area contributed by atoms with Crippen LogP contribution in [-0.2, 0) is 0 Å². The van der Waals surface area contributed by atoms with Crippen molar-refractivity contribution in [3.8, 4) is 0 Å². The Kier molecular flexibility index (Phi) is 3.47. The van der Waals surface area contributed by atoms with Gasteiger partial charge in [-0.3, -0.25) is 9.78 Å². The van der Waals surface area contributed by atoms with Crippen LogP contribution < -0.4 is 5.43 Å². The molecule has 0 atom stereocenters. The van der Waals surface area contributed by atoms with Crippen LogP contribution >= 0.6 is 0 Å². The number of nitrogens with one attached hydrogen (secondary N) is 2. The highest BCUT2D eigenvalue weighted by atomic mass is 16.2. The van der Waals surface area contributed by atoms with Gasteiger partial charge >= 0.3 is 0 Å². The zero-order valence-electron chi connectivity index (χ0n) is 11.5. The number of aromatic nitrogens is 2. The van der Waals surface area contributed by atoms with E-state index in [1.54, 1.807) is 30.6 Å². The summed E-state index contributed by atoms with van der Waals surface area (Å²) in [6.45, 7) is 1.97. The molecule has 2 heterocycles. The third-order valence-corrected chi connectivity index (χ3v) is 3.20. The molecule has 5 nitrogen and oxygen atoms in total. The van der Waals surface area contributed by atoms with E-state index in [2.05, 4.69) is 20.5 Å². The number of hydrazone groups is 1. The molecule has 0 fully saturated rings. The number of hydrogen-bond donors (Lipinski definition) is 2. The SMILES string of the molecule is Cc1[nH]c2ccccc2c1/C=N/NC(=O)c1ccccn1. The molecule has 2 N–H and O–H groups in total. The molecular formula is C16H14N4O. The van der Waals surface area contributed by atoms with E-state index in [1.165, 1.54) is 0 Å². The maximum Gasteiger partial charge on any atom is 0.289 e. The minimum atomic E-state index is -0.329. The standard InChI is InChI=1S/C16H14N4O/c1-11-13(12-6-2-3-7-14(12)19-11)10-18-20-16(21)15-8-4-5-9-17-15/h2-10,19H,1H3,(H,20,21)/b18-10+. The van der Waals surface area contributed by atoms with Crippen molar-refractivity contribution in [3.63, 3.8) is 0 Å². The molecule has 1 aromatic carbocycles. The number of para-hydroxylation sites is 1. The lowest BCUT2D eigenvalue weighted by atomic mass is 10.1. The van der Waals surface area contributed by atoms with Gasteiger partial charge in [-0.15, -0.1) is 0 Å². The van der Waals surface area contributed by atoms with Crippen LogP contribution in [0.3, 0.4) is 0 Å². The largest absolute Gasteiger partial charge is 0.358 e. The number of benzene rings is 1. The second kappa shape index (κ2) is 5.58. The van der Waals surface area contributed by atoms with E-state index in [0.717, 1.165) is 22.2 Å². The van der Waals surface area contributed by atoms with Crippen LogP contribution in [0.4, 0.5) is 0 Å². The first-order chi connectivity index (χ1) is 10.3. The smallest absolute Gasteiger partial charge is 0.289 e. The van der Waals surface area contributed by atoms with Gasteiger partial charge in [-0.1, -0.05) is 24.3 Å². The van der Waals surface area contributed by atoms with Gasteiger partial charge in [-0.05, 0) is 25.1 Å². The van der Waals surface area contributed by atoms with Crippen molar-refractivity contribution in [2.24, 2.45) is 5.10 Å². The molecule has 1 amide bonds. The number of aryl methyl sites for hydroxylation is 1. The molecular weight excluding hydrogens is 264 g/mol. The summed E-state index contributed by atoms with van der Waals surface area (Å²) in [6, 6.07) is 13.1. The summed E-state index contributed by atoms with van der Waals surface area (Å²) in [5.41, 5.74) is 5.84. The van der Waals surface area contributed by atoms with Crippen molar-refractivity contribution in [3.05, 3.63) is 65.6 Å². The van der Waals surface area contributed by atoms with Crippen LogP contribution in [-0.4, -0.2) is 22.1 Å². The van der Waals surface area contributed by atoms with Crippen molar-refractivity contribution in [1.82, 2.24) is 15.4 Å². The first-order valence-corrected chi connectivity index (χ1v) is 6.57. The van der Waals surface area contributed by atoms with E-state index >= 15 is 0 Å². The van der Waals surface area contributed by atoms with Crippen molar-refractivity contribution in [2.75, 3.05) is 0 Å². The number of pyridine rings is 1. The van der Waals surface area contributed by atoms with Gasteiger partial charge in [0, 0.05) is 28.4 Å². The number of hydrogen-bond acceptors (Lipinski definition) is 3. The van der Waals surface area contributed by atoms with Crippen molar-refractivity contribution >= 4 is 23.0 Å². The molecule has 3 aromatic rings. The summed E-state index contributed by atoms with van der Waals surface area (Å²) in [4.78, 5) is 19.1. The van der Waals surface area contributed by atoms with Gasteiger partial charge in [0.25, 0.3) is 5.91 Å². The van der Waals surface area contributed by atoms with E-state index in [0.29, 0.717) is 5.69 Å². The molecule has 0 aliphatic rings. The molecule has 0 spiro atoms. The van der Waals surface area contributed by atoms with E-state index < -0.39 is 0 Å². The topological polar surface area (TPSA) is 70.1 Å². The fraction of sp³-hybridized carbons (Fsp3) is 0.0625. The molecule has 3 rings (SSSR count). The average Bonchev–Trinajstić information content (AvgIpc) is 2.84. The van der Waals surface area contributed by atoms with Crippen molar-refractivity contribution in [2.45, 2.75) is 6.92 Å². The molecule has 0 bridgehead atoms. The van der Waals surface area contributed by atoms with Crippen LogP contribution in [0.2, 0.25) is 0 Å². The van der Waals surface area contributed by atoms with Crippen LogP contribution in [0.25, 0.3) is 10.9 Å². The highest BCUT2D eigenvalue weighted by molar-refractivity contribution is 6.01. The first kappa shape index (κ1) is 13.1. The number of carbonyl (C=O) groups excluding carboxylic acids is 1. The Morgan fingerprint density at radius 1 is 1.24 bits per heavy atom. The Morgan fingerprint density at radius 3 is 2.86 bits per heavy atom. The number of amides is 1. The van der Waals surface area contributed by atoms with Gasteiger partial charge in [0.2, 0.25) is 0 Å². The molecule has 21 heavy (non-hydrogen) atoms. The summed E-state index contributed by atoms with van der Waals surface area (Å²) in [7, 11) is 0. The minimum Gasteiger partial charge on any atom is -0.358 e. The number of rotatable bonds is 3.